The van der Waals surface area contributed by atoms with Gasteiger partial charge in [0.2, 0.25) is 5.91 Å². The minimum atomic E-state index is -0.646. The van der Waals surface area contributed by atoms with E-state index >= 15 is 0 Å². The average Bonchev–Trinajstić information content (AvgIpc) is 3.30. The molecular formula is C22H24ClN3O4S. The summed E-state index contributed by atoms with van der Waals surface area (Å²) in [7, 11) is 1.63. The first-order chi connectivity index (χ1) is 14.9. The monoisotopic (exact) mass is 461 g/mol. The molecule has 0 bridgehead atoms. The number of halogens is 1. The van der Waals surface area contributed by atoms with Gasteiger partial charge in [0.05, 0.1) is 23.1 Å². The maximum atomic E-state index is 13.1. The number of carbonyl (C=O) groups excluding carboxylic acids is 2. The van der Waals surface area contributed by atoms with Crippen LogP contribution in [0.3, 0.4) is 0 Å². The van der Waals surface area contributed by atoms with E-state index in [-0.39, 0.29) is 23.3 Å². The molecule has 164 valence electrons. The minimum Gasteiger partial charge on any atom is -0.462 e. The van der Waals surface area contributed by atoms with Crippen molar-refractivity contribution in [3.05, 3.63) is 50.6 Å². The van der Waals surface area contributed by atoms with Gasteiger partial charge in [-0.1, -0.05) is 17.7 Å². The summed E-state index contributed by atoms with van der Waals surface area (Å²) < 4.78 is 6.67. The lowest BCUT2D eigenvalue weighted by molar-refractivity contribution is -0.130. The molecule has 3 heterocycles. The Kier molecular flexibility index (Phi) is 6.29. The molecule has 9 heteroatoms. The van der Waals surface area contributed by atoms with Gasteiger partial charge in [-0.2, -0.15) is 0 Å². The van der Waals surface area contributed by atoms with Crippen LogP contribution in [0.5, 0.6) is 0 Å². The van der Waals surface area contributed by atoms with Crippen molar-refractivity contribution in [2.24, 2.45) is 7.05 Å². The van der Waals surface area contributed by atoms with Gasteiger partial charge < -0.3 is 19.1 Å². The number of esters is 1. The van der Waals surface area contributed by atoms with Crippen LogP contribution in [0.15, 0.2) is 34.5 Å². The molecule has 4 rings (SSSR count). The largest absolute Gasteiger partial charge is 0.462 e. The Hall–Kier alpha value is -2.45. The highest BCUT2D eigenvalue weighted by Crippen LogP contribution is 2.33. The number of aryl methyl sites for hydroxylation is 1. The number of aromatic nitrogens is 1. The molecule has 0 spiro atoms. The maximum Gasteiger partial charge on any atom is 0.345 e. The van der Waals surface area contributed by atoms with Gasteiger partial charge in [-0.3, -0.25) is 9.59 Å². The van der Waals surface area contributed by atoms with E-state index in [9.17, 15) is 14.4 Å². The van der Waals surface area contributed by atoms with E-state index in [0.29, 0.717) is 47.8 Å². The minimum absolute atomic E-state index is 0.00874. The Bertz CT molecular complexity index is 1110. The zero-order valence-corrected chi connectivity index (χ0v) is 19.0. The number of benzene rings is 1. The third-order valence-electron chi connectivity index (χ3n) is 5.68. The van der Waals surface area contributed by atoms with Crippen molar-refractivity contribution in [1.29, 1.82) is 0 Å². The molecule has 0 saturated carbocycles. The number of anilines is 1. The number of nitrogens with zero attached hydrogens (tertiary/aromatic N) is 3. The zero-order valence-electron chi connectivity index (χ0n) is 17.5. The Morgan fingerprint density at radius 3 is 2.61 bits per heavy atom. The number of pyridine rings is 1. The topological polar surface area (TPSA) is 71.8 Å². The number of thioether (sulfide) groups is 1. The highest BCUT2D eigenvalue weighted by atomic mass is 35.5. The lowest BCUT2D eigenvalue weighted by Crippen LogP contribution is -2.51. The van der Waals surface area contributed by atoms with Crippen molar-refractivity contribution in [2.75, 3.05) is 37.7 Å². The molecular weight excluding hydrogens is 438 g/mol. The Morgan fingerprint density at radius 2 is 1.97 bits per heavy atom. The highest BCUT2D eigenvalue weighted by molar-refractivity contribution is 8.03. The SMILES string of the molecule is CCOC(=O)c1c(N2CCN(C(=O)C3CC=CS3)CC2)c2cc(Cl)ccc2n(C)c1=O. The molecule has 1 aromatic carbocycles. The molecule has 2 aliphatic rings. The van der Waals surface area contributed by atoms with Gasteiger partial charge in [0, 0.05) is 43.6 Å². The van der Waals surface area contributed by atoms with Gasteiger partial charge in [-0.15, -0.1) is 11.8 Å². The number of allylic oxidation sites excluding steroid dienone is 1. The van der Waals surface area contributed by atoms with E-state index in [1.807, 2.05) is 21.3 Å². The first-order valence-electron chi connectivity index (χ1n) is 10.3. The molecule has 7 nitrogen and oxygen atoms in total. The van der Waals surface area contributed by atoms with Crippen molar-refractivity contribution in [3.8, 4) is 0 Å². The number of piperazine rings is 1. The van der Waals surface area contributed by atoms with Crippen LogP contribution < -0.4 is 10.5 Å². The molecule has 1 atom stereocenters. The maximum absolute atomic E-state index is 13.1. The van der Waals surface area contributed by atoms with E-state index in [4.69, 9.17) is 16.3 Å². The van der Waals surface area contributed by atoms with Crippen LogP contribution in [-0.4, -0.2) is 59.4 Å². The van der Waals surface area contributed by atoms with Gasteiger partial charge in [-0.25, -0.2) is 4.79 Å². The third-order valence-corrected chi connectivity index (χ3v) is 6.99. The van der Waals surface area contributed by atoms with Crippen molar-refractivity contribution < 1.29 is 14.3 Å². The van der Waals surface area contributed by atoms with Crippen LogP contribution in [0.4, 0.5) is 5.69 Å². The van der Waals surface area contributed by atoms with Crippen LogP contribution in [0, 0.1) is 0 Å². The molecule has 0 aliphatic carbocycles. The van der Waals surface area contributed by atoms with E-state index in [2.05, 4.69) is 0 Å². The van der Waals surface area contributed by atoms with E-state index in [0.717, 1.165) is 6.42 Å². The third kappa shape index (κ3) is 4.06. The second kappa shape index (κ2) is 8.96. The van der Waals surface area contributed by atoms with Gasteiger partial charge in [0.1, 0.15) is 5.56 Å². The average molecular weight is 462 g/mol. The zero-order chi connectivity index (χ0) is 22.1. The second-order valence-corrected chi connectivity index (χ2v) is 9.06. The predicted molar refractivity (Wildman–Crippen MR) is 124 cm³/mol. The summed E-state index contributed by atoms with van der Waals surface area (Å²) in [5, 5.41) is 3.15. The quantitative estimate of drug-likeness (QED) is 0.652. The van der Waals surface area contributed by atoms with Crippen LogP contribution in [-0.2, 0) is 16.6 Å². The molecule has 1 amide bonds. The predicted octanol–water partition coefficient (Wildman–Crippen LogP) is 3.04. The molecule has 0 N–H and O–H groups in total. The fourth-order valence-corrected chi connectivity index (χ4v) is 5.19. The van der Waals surface area contributed by atoms with E-state index < -0.39 is 11.5 Å². The fourth-order valence-electron chi connectivity index (χ4n) is 4.12. The number of fused-ring (bicyclic) bond motifs is 1. The number of amides is 1. The summed E-state index contributed by atoms with van der Waals surface area (Å²) in [5.74, 6) is -0.510. The molecule has 31 heavy (non-hydrogen) atoms. The van der Waals surface area contributed by atoms with Crippen LogP contribution in [0.25, 0.3) is 10.9 Å². The number of carbonyl (C=O) groups is 2. The van der Waals surface area contributed by atoms with Crippen molar-refractivity contribution in [2.45, 2.75) is 18.6 Å². The Labute approximate surface area is 189 Å². The van der Waals surface area contributed by atoms with Crippen molar-refractivity contribution >= 4 is 51.8 Å². The number of rotatable bonds is 4. The molecule has 0 radical (unpaired) electrons. The van der Waals surface area contributed by atoms with Crippen molar-refractivity contribution in [1.82, 2.24) is 9.47 Å². The molecule has 1 fully saturated rings. The Balaban J connectivity index is 1.72. The number of ether oxygens (including phenoxy) is 1. The lowest BCUT2D eigenvalue weighted by Gasteiger charge is -2.38. The van der Waals surface area contributed by atoms with Gasteiger partial charge >= 0.3 is 5.97 Å². The number of hydrogen-bond acceptors (Lipinski definition) is 6. The highest BCUT2D eigenvalue weighted by Gasteiger charge is 2.32. The molecule has 1 saturated heterocycles. The molecule has 1 unspecified atom stereocenters. The normalized spacial score (nSPS) is 18.6. The first-order valence-corrected chi connectivity index (χ1v) is 11.6. The summed E-state index contributed by atoms with van der Waals surface area (Å²) in [6.45, 7) is 3.95. The summed E-state index contributed by atoms with van der Waals surface area (Å²) in [6.07, 6.45) is 2.78. The van der Waals surface area contributed by atoms with Gasteiger partial charge in [-0.05, 0) is 37.0 Å². The summed E-state index contributed by atoms with van der Waals surface area (Å²) in [6, 6.07) is 5.27. The molecule has 1 aromatic heterocycles. The Morgan fingerprint density at radius 1 is 1.23 bits per heavy atom. The molecule has 2 aliphatic heterocycles. The van der Waals surface area contributed by atoms with Crippen LogP contribution >= 0.6 is 23.4 Å². The van der Waals surface area contributed by atoms with Gasteiger partial charge in [0.15, 0.2) is 0 Å². The van der Waals surface area contributed by atoms with E-state index in [1.165, 1.54) is 4.57 Å². The first kappa shape index (κ1) is 21.8. The number of hydrogen-bond donors (Lipinski definition) is 0. The summed E-state index contributed by atoms with van der Waals surface area (Å²) in [4.78, 5) is 42.5. The lowest BCUT2D eigenvalue weighted by atomic mass is 10.1. The second-order valence-electron chi connectivity index (χ2n) is 7.51. The van der Waals surface area contributed by atoms with Crippen LogP contribution in [0.2, 0.25) is 5.02 Å². The smallest absolute Gasteiger partial charge is 0.345 e. The van der Waals surface area contributed by atoms with Crippen molar-refractivity contribution in [3.63, 3.8) is 0 Å². The summed E-state index contributed by atoms with van der Waals surface area (Å²) >= 11 is 7.82. The standard InChI is InChI=1S/C22H24ClN3O4S/c1-3-30-22(29)18-19(15-13-14(23)6-7-16(15)24(2)21(18)28)25-8-10-26(11-9-25)20(27)17-5-4-12-31-17/h4,6-7,12-13,17H,3,5,8-11H2,1-2H3. The van der Waals surface area contributed by atoms with Crippen LogP contribution in [0.1, 0.15) is 23.7 Å². The van der Waals surface area contributed by atoms with E-state index in [1.54, 1.807) is 43.9 Å². The molecule has 2 aromatic rings. The fraction of sp³-hybridized carbons (Fsp3) is 0.409. The van der Waals surface area contributed by atoms with Gasteiger partial charge in [0.25, 0.3) is 5.56 Å². The summed E-state index contributed by atoms with van der Waals surface area (Å²) in [5.41, 5.74) is 0.817.